The van der Waals surface area contributed by atoms with Crippen LogP contribution in [-0.2, 0) is 0 Å². The van der Waals surface area contributed by atoms with Crippen LogP contribution in [0.25, 0.3) is 22.2 Å². The van der Waals surface area contributed by atoms with Gasteiger partial charge in [-0.1, -0.05) is 24.3 Å². The fourth-order valence-electron chi connectivity index (χ4n) is 3.96. The minimum Gasteiger partial charge on any atom is -0.331 e. The summed E-state index contributed by atoms with van der Waals surface area (Å²) in [5.74, 6) is 0.0878. The first kappa shape index (κ1) is 17.1. The van der Waals surface area contributed by atoms with E-state index in [-0.39, 0.29) is 11.9 Å². The van der Waals surface area contributed by atoms with Crippen molar-refractivity contribution in [2.24, 2.45) is 0 Å². The van der Waals surface area contributed by atoms with Crippen molar-refractivity contribution in [3.63, 3.8) is 0 Å². The summed E-state index contributed by atoms with van der Waals surface area (Å²) in [5, 5.41) is 2.99. The number of carbonyl (C=O) groups excluding carboxylic acids is 1. The first-order chi connectivity index (χ1) is 13.8. The highest BCUT2D eigenvalue weighted by molar-refractivity contribution is 7.10. The van der Waals surface area contributed by atoms with E-state index >= 15 is 0 Å². The molecular weight excluding hydrogens is 366 g/mol. The number of pyridine rings is 2. The molecule has 0 N–H and O–H groups in total. The number of para-hydroxylation sites is 1. The summed E-state index contributed by atoms with van der Waals surface area (Å²) >= 11 is 1.73. The number of aromatic nitrogens is 2. The molecule has 1 aliphatic heterocycles. The number of hydrogen-bond donors (Lipinski definition) is 0. The average molecular weight is 385 g/mol. The Morgan fingerprint density at radius 1 is 1.07 bits per heavy atom. The highest BCUT2D eigenvalue weighted by Crippen LogP contribution is 2.36. The van der Waals surface area contributed by atoms with Crippen molar-refractivity contribution >= 4 is 28.1 Å². The van der Waals surface area contributed by atoms with E-state index in [9.17, 15) is 4.79 Å². The molecule has 0 spiro atoms. The van der Waals surface area contributed by atoms with Crippen LogP contribution >= 0.6 is 11.3 Å². The topological polar surface area (TPSA) is 46.1 Å². The second-order valence-corrected chi connectivity index (χ2v) is 7.96. The van der Waals surface area contributed by atoms with Crippen LogP contribution in [-0.4, -0.2) is 27.3 Å². The molecule has 0 saturated carbocycles. The standard InChI is InChI=1S/C23H19N3OS/c27-23(26-13-3-7-21(26)22-8-4-14-28-22)18-15-20(16-9-11-24-12-10-16)25-19-6-2-1-5-17(18)19/h1-2,4-6,8-12,14-15,21H,3,7,13H2/t21-/m0/s1. The van der Waals surface area contributed by atoms with E-state index < -0.39 is 0 Å². The molecule has 28 heavy (non-hydrogen) atoms. The summed E-state index contributed by atoms with van der Waals surface area (Å²) in [6, 6.07) is 18.0. The van der Waals surface area contributed by atoms with Gasteiger partial charge in [0, 0.05) is 34.8 Å². The lowest BCUT2D eigenvalue weighted by molar-refractivity contribution is 0.0740. The zero-order chi connectivity index (χ0) is 18.9. The molecule has 5 heteroatoms. The number of benzene rings is 1. The van der Waals surface area contributed by atoms with Gasteiger partial charge in [-0.3, -0.25) is 9.78 Å². The second-order valence-electron chi connectivity index (χ2n) is 6.98. The average Bonchev–Trinajstić information content (AvgIpc) is 3.44. The van der Waals surface area contributed by atoms with Crippen molar-refractivity contribution in [1.82, 2.24) is 14.9 Å². The zero-order valence-electron chi connectivity index (χ0n) is 15.3. The fourth-order valence-corrected chi connectivity index (χ4v) is 4.84. The lowest BCUT2D eigenvalue weighted by Gasteiger charge is -2.25. The van der Waals surface area contributed by atoms with Crippen molar-refractivity contribution in [2.75, 3.05) is 6.54 Å². The molecule has 1 amide bonds. The largest absolute Gasteiger partial charge is 0.331 e. The maximum Gasteiger partial charge on any atom is 0.255 e. The molecule has 1 fully saturated rings. The Labute approximate surface area is 167 Å². The number of carbonyl (C=O) groups is 1. The molecule has 4 nitrogen and oxygen atoms in total. The van der Waals surface area contributed by atoms with Crippen LogP contribution in [0.2, 0.25) is 0 Å². The molecule has 0 aliphatic carbocycles. The molecule has 0 bridgehead atoms. The first-order valence-corrected chi connectivity index (χ1v) is 10.3. The van der Waals surface area contributed by atoms with E-state index in [4.69, 9.17) is 4.98 Å². The lowest BCUT2D eigenvalue weighted by atomic mass is 10.0. The molecule has 4 aromatic rings. The van der Waals surface area contributed by atoms with Gasteiger partial charge in [0.15, 0.2) is 0 Å². The van der Waals surface area contributed by atoms with Crippen LogP contribution in [0.15, 0.2) is 72.4 Å². The van der Waals surface area contributed by atoms with Gasteiger partial charge in [0.05, 0.1) is 22.8 Å². The third kappa shape index (κ3) is 2.98. The molecular formula is C23H19N3OS. The molecule has 1 aromatic carbocycles. The second kappa shape index (κ2) is 7.17. The Kier molecular flexibility index (Phi) is 4.37. The Hall–Kier alpha value is -3.05. The van der Waals surface area contributed by atoms with Gasteiger partial charge in [0.25, 0.3) is 5.91 Å². The van der Waals surface area contributed by atoms with Crippen molar-refractivity contribution in [3.05, 3.63) is 82.8 Å². The molecule has 1 atom stereocenters. The van der Waals surface area contributed by atoms with Crippen molar-refractivity contribution in [1.29, 1.82) is 0 Å². The molecule has 138 valence electrons. The quantitative estimate of drug-likeness (QED) is 0.478. The first-order valence-electron chi connectivity index (χ1n) is 9.46. The number of hydrogen-bond acceptors (Lipinski definition) is 4. The smallest absolute Gasteiger partial charge is 0.255 e. The van der Waals surface area contributed by atoms with Gasteiger partial charge >= 0.3 is 0 Å². The highest BCUT2D eigenvalue weighted by Gasteiger charge is 2.32. The molecule has 1 saturated heterocycles. The third-order valence-electron chi connectivity index (χ3n) is 5.31. The summed E-state index contributed by atoms with van der Waals surface area (Å²) in [6.45, 7) is 0.794. The molecule has 1 aliphatic rings. The molecule has 5 rings (SSSR count). The zero-order valence-corrected chi connectivity index (χ0v) is 16.1. The number of nitrogens with zero attached hydrogens (tertiary/aromatic N) is 3. The number of rotatable bonds is 3. The Morgan fingerprint density at radius 3 is 2.75 bits per heavy atom. The highest BCUT2D eigenvalue weighted by atomic mass is 32.1. The summed E-state index contributed by atoms with van der Waals surface area (Å²) in [5.41, 5.74) is 3.33. The number of likely N-dealkylation sites (tertiary alicyclic amines) is 1. The van der Waals surface area contributed by atoms with Gasteiger partial charge in [0.1, 0.15) is 0 Å². The van der Waals surface area contributed by atoms with E-state index in [0.29, 0.717) is 0 Å². The fraction of sp³-hybridized carbons (Fsp3) is 0.174. The van der Waals surface area contributed by atoms with Gasteiger partial charge in [-0.2, -0.15) is 0 Å². The van der Waals surface area contributed by atoms with Crippen molar-refractivity contribution < 1.29 is 4.79 Å². The molecule has 0 radical (unpaired) electrons. The van der Waals surface area contributed by atoms with Gasteiger partial charge in [-0.05, 0) is 48.6 Å². The lowest BCUT2D eigenvalue weighted by Crippen LogP contribution is -2.30. The summed E-state index contributed by atoms with van der Waals surface area (Å²) < 4.78 is 0. The van der Waals surface area contributed by atoms with E-state index in [2.05, 4.69) is 22.5 Å². The van der Waals surface area contributed by atoms with Crippen LogP contribution in [0, 0.1) is 0 Å². The van der Waals surface area contributed by atoms with Crippen LogP contribution in [0.5, 0.6) is 0 Å². The third-order valence-corrected chi connectivity index (χ3v) is 6.28. The van der Waals surface area contributed by atoms with E-state index in [1.165, 1.54) is 4.88 Å². The Bertz CT molecular complexity index is 1130. The molecule has 4 heterocycles. The monoisotopic (exact) mass is 385 g/mol. The normalized spacial score (nSPS) is 16.6. The van der Waals surface area contributed by atoms with Gasteiger partial charge < -0.3 is 4.90 Å². The summed E-state index contributed by atoms with van der Waals surface area (Å²) in [7, 11) is 0. The van der Waals surface area contributed by atoms with Crippen LogP contribution in [0.1, 0.15) is 34.1 Å². The SMILES string of the molecule is O=C(c1cc(-c2ccncc2)nc2ccccc12)N1CCC[C@H]1c1cccs1. The van der Waals surface area contributed by atoms with Crippen LogP contribution in [0.4, 0.5) is 0 Å². The minimum atomic E-state index is 0.0878. The van der Waals surface area contributed by atoms with Crippen molar-refractivity contribution in [2.45, 2.75) is 18.9 Å². The summed E-state index contributed by atoms with van der Waals surface area (Å²) in [6.07, 6.45) is 5.56. The van der Waals surface area contributed by atoms with Gasteiger partial charge in [-0.25, -0.2) is 4.98 Å². The maximum absolute atomic E-state index is 13.6. The number of amides is 1. The Balaban J connectivity index is 1.62. The number of thiophene rings is 1. The predicted octanol–water partition coefficient (Wildman–Crippen LogP) is 5.34. The minimum absolute atomic E-state index is 0.0878. The summed E-state index contributed by atoms with van der Waals surface area (Å²) in [4.78, 5) is 25.8. The molecule has 0 unspecified atom stereocenters. The van der Waals surface area contributed by atoms with E-state index in [1.807, 2.05) is 47.4 Å². The van der Waals surface area contributed by atoms with Crippen molar-refractivity contribution in [3.8, 4) is 11.3 Å². The maximum atomic E-state index is 13.6. The van der Waals surface area contributed by atoms with Gasteiger partial charge in [0.2, 0.25) is 0 Å². The van der Waals surface area contributed by atoms with E-state index in [1.54, 1.807) is 23.7 Å². The Morgan fingerprint density at radius 2 is 1.93 bits per heavy atom. The molecule has 3 aromatic heterocycles. The van der Waals surface area contributed by atoms with Gasteiger partial charge in [-0.15, -0.1) is 11.3 Å². The van der Waals surface area contributed by atoms with E-state index in [0.717, 1.165) is 47.1 Å². The predicted molar refractivity (Wildman–Crippen MR) is 112 cm³/mol. The van der Waals surface area contributed by atoms with Crippen LogP contribution in [0.3, 0.4) is 0 Å². The number of fused-ring (bicyclic) bond motifs is 1. The van der Waals surface area contributed by atoms with Crippen LogP contribution < -0.4 is 0 Å².